The van der Waals surface area contributed by atoms with Crippen LogP contribution in [0.5, 0.6) is 0 Å². The molecule has 2 fully saturated rings. The summed E-state index contributed by atoms with van der Waals surface area (Å²) in [7, 11) is 50.4. The molecule has 50 heavy (non-hydrogen) atoms. The summed E-state index contributed by atoms with van der Waals surface area (Å²) >= 11 is 0. The molecule has 2 aromatic rings. The fourth-order valence-electron chi connectivity index (χ4n) is 5.67. The van der Waals surface area contributed by atoms with Gasteiger partial charge in [0.2, 0.25) is 0 Å². The first kappa shape index (κ1) is 54.2. The molecular weight excluding hydrogens is 700 g/mol. The zero-order valence-electron chi connectivity index (χ0n) is 28.3. The van der Waals surface area contributed by atoms with Crippen LogP contribution in [0.25, 0.3) is 0 Å². The van der Waals surface area contributed by atoms with Gasteiger partial charge in [0.25, 0.3) is 0 Å². The van der Waals surface area contributed by atoms with Gasteiger partial charge < -0.3 is 31.8 Å². The molecule has 0 unspecified atom stereocenters. The number of rotatable bonds is 10. The Labute approximate surface area is 331 Å². The topological polar surface area (TPSA) is 134 Å². The van der Waals surface area contributed by atoms with Crippen LogP contribution in [-0.4, -0.2) is 210 Å². The van der Waals surface area contributed by atoms with Crippen LogP contribution < -0.4 is 10.6 Å². The van der Waals surface area contributed by atoms with Crippen molar-refractivity contribution in [3.63, 3.8) is 0 Å². The van der Waals surface area contributed by atoms with Crippen molar-refractivity contribution >= 4 is 114 Å². The predicted molar refractivity (Wildman–Crippen MR) is 227 cm³/mol. The molecule has 0 aliphatic carbocycles. The van der Waals surface area contributed by atoms with Crippen LogP contribution in [0.4, 0.5) is 0 Å². The summed E-state index contributed by atoms with van der Waals surface area (Å²) < 4.78 is 0. The Morgan fingerprint density at radius 2 is 0.940 bits per heavy atom. The average molecular weight is 744 g/mol. The van der Waals surface area contributed by atoms with E-state index in [0.29, 0.717) is 0 Å². The van der Waals surface area contributed by atoms with E-state index in [4.69, 9.17) is 74.7 Å². The molecule has 0 spiro atoms. The minimum atomic E-state index is -0.807. The van der Waals surface area contributed by atoms with E-state index >= 15 is 0 Å². The Morgan fingerprint density at radius 3 is 1.26 bits per heavy atom. The second kappa shape index (κ2) is 30.2. The molecule has 25 heteroatoms. The van der Waals surface area contributed by atoms with Gasteiger partial charge in [0, 0.05) is 200 Å². The number of nitrogens with zero attached hydrogens (tertiary/aromatic N) is 2. The molecule has 0 atom stereocenters. The zero-order valence-corrected chi connectivity index (χ0v) is 29.9. The summed E-state index contributed by atoms with van der Waals surface area (Å²) in [6, 6.07) is 21.0. The van der Waals surface area contributed by atoms with E-state index in [2.05, 4.69) is 69.0 Å². The number of hydrogen-bond donors (Lipinski definition) is 4. The van der Waals surface area contributed by atoms with Gasteiger partial charge in [0.1, 0.15) is 0 Å². The van der Waals surface area contributed by atoms with Crippen molar-refractivity contribution in [3.05, 3.63) is 71.8 Å². The van der Waals surface area contributed by atoms with Crippen LogP contribution in [0.15, 0.2) is 60.7 Å². The van der Waals surface area contributed by atoms with E-state index < -0.39 is 44.7 Å². The van der Waals surface area contributed by atoms with Gasteiger partial charge in [-0.15, -0.1) is 0 Å². The third kappa shape index (κ3) is 21.5. The Bertz CT molecular complexity index is 1000. The van der Waals surface area contributed by atoms with Gasteiger partial charge in [-0.2, -0.15) is 0 Å². The Hall–Kier alpha value is -0.179. The SMILES string of the molecule is C.O.O.OC1CN(Cc2ccccc2)CCN(Cc2ccccc2)C1.OC1CNCCNC1.[B]B([B])B([B])B(B([B])[B])B(B([B])[B])B([B])[B].[Pd]. The summed E-state index contributed by atoms with van der Waals surface area (Å²) in [5, 5.41) is 25.4. The van der Waals surface area contributed by atoms with Crippen LogP contribution in [0, 0.1) is 0 Å². The van der Waals surface area contributed by atoms with Crippen LogP contribution in [0.3, 0.4) is 0 Å². The minimum Gasteiger partial charge on any atom is -0.412 e. The standard InChI is InChI=1S/C19H24N2O.C5H12N2O.CH4.B16.2H2O.Pd/c22-19-15-20(13-17-7-3-1-4-8-17)11-12-21(16-19)14-18-9-5-2-6-10-18;8-5-3-6-1-2-7-4-5;;1-10(2)14(9)16(13(7)8)15(11(3)4)12(5)6;;;/h1-10,19,22H,11-16H2;5-8H,1-4H2;1H4;;2*1H2;. The van der Waals surface area contributed by atoms with Gasteiger partial charge in [0.05, 0.1) is 12.2 Å². The van der Waals surface area contributed by atoms with Crippen LogP contribution in [-0.2, 0) is 33.5 Å². The van der Waals surface area contributed by atoms with Crippen molar-refractivity contribution < 1.29 is 41.6 Å². The number of hydrogen-bond acceptors (Lipinski definition) is 6. The molecule has 2 aliphatic heterocycles. The minimum absolute atomic E-state index is 0. The van der Waals surface area contributed by atoms with Crippen LogP contribution in [0.1, 0.15) is 18.6 Å². The molecule has 2 aromatic carbocycles. The van der Waals surface area contributed by atoms with Crippen molar-refractivity contribution in [2.24, 2.45) is 0 Å². The van der Waals surface area contributed by atoms with Crippen molar-refractivity contribution in [3.8, 4) is 0 Å². The summed E-state index contributed by atoms with van der Waals surface area (Å²) in [5.41, 5.74) is 2.62. The van der Waals surface area contributed by atoms with E-state index in [0.717, 1.165) is 65.4 Å². The van der Waals surface area contributed by atoms with Crippen molar-refractivity contribution in [2.45, 2.75) is 32.7 Å². The normalized spacial score (nSPS) is 14.9. The third-order valence-electron chi connectivity index (χ3n) is 8.07. The molecule has 4 rings (SSSR count). The summed E-state index contributed by atoms with van der Waals surface area (Å²) in [5.74, 6) is 0. The molecule has 2 heterocycles. The van der Waals surface area contributed by atoms with Gasteiger partial charge in [-0.05, 0) is 11.1 Å². The van der Waals surface area contributed by atoms with Crippen LogP contribution in [0.2, 0.25) is 0 Å². The summed E-state index contributed by atoms with van der Waals surface area (Å²) in [6.45, 7) is 8.72. The monoisotopic (exact) mass is 746 g/mol. The van der Waals surface area contributed by atoms with E-state index in [1.54, 1.807) is 0 Å². The Balaban J connectivity index is -0.000000700. The number of aliphatic hydroxyl groups is 2. The molecule has 8 nitrogen and oxygen atoms in total. The Kier molecular flexibility index (Phi) is 32.7. The van der Waals surface area contributed by atoms with E-state index in [1.165, 1.54) is 11.1 Å². The predicted octanol–water partition coefficient (Wildman–Crippen LogP) is -6.20. The maximum Gasteiger partial charge on any atom is 0.0794 e. The maximum absolute atomic E-state index is 10.3. The van der Waals surface area contributed by atoms with Gasteiger partial charge in [-0.25, -0.2) is 0 Å². The second-order valence-electron chi connectivity index (χ2n) is 12.2. The quantitative estimate of drug-likeness (QED) is 0.179. The fourth-order valence-corrected chi connectivity index (χ4v) is 5.67. The van der Waals surface area contributed by atoms with Gasteiger partial charge in [0.15, 0.2) is 0 Å². The zero-order chi connectivity index (χ0) is 34.1. The molecule has 246 valence electrons. The van der Waals surface area contributed by atoms with E-state index in [1.807, 2.05) is 12.1 Å². The summed E-state index contributed by atoms with van der Waals surface area (Å²) in [6.07, 6.45) is -5.50. The van der Waals surface area contributed by atoms with Gasteiger partial charge >= 0.3 is 0 Å². The molecule has 0 aromatic heterocycles. The first-order valence-electron chi connectivity index (χ1n) is 16.0. The molecule has 0 bridgehead atoms. The second-order valence-corrected chi connectivity index (χ2v) is 12.2. The fraction of sp³-hybridized carbons (Fsp3) is 0.520. The molecule has 2 saturated heterocycles. The number of β-amino-alcohol motifs (C(OH)–C–C–N with tert-alkyl or cyclic N) is 2. The molecule has 8 N–H and O–H groups in total. The smallest absolute Gasteiger partial charge is 0.0794 e. The molecule has 0 saturated carbocycles. The van der Waals surface area contributed by atoms with Crippen molar-refractivity contribution in [1.82, 2.24) is 20.4 Å². The van der Waals surface area contributed by atoms with E-state index in [-0.39, 0.29) is 51.0 Å². The molecule has 2 aliphatic rings. The number of aliphatic hydroxyl groups excluding tert-OH is 2. The van der Waals surface area contributed by atoms with Gasteiger partial charge in [-0.1, -0.05) is 68.1 Å². The molecule has 0 amide bonds. The van der Waals surface area contributed by atoms with Crippen molar-refractivity contribution in [2.75, 3.05) is 52.4 Å². The average Bonchev–Trinajstić information content (AvgIpc) is 3.35. The maximum atomic E-state index is 10.3. The molecular formula is C25H44B16N4O4Pd. The number of nitrogens with one attached hydrogen (secondary N) is 2. The summed E-state index contributed by atoms with van der Waals surface area (Å²) in [4.78, 5) is 4.70. The van der Waals surface area contributed by atoms with E-state index in [9.17, 15) is 5.11 Å². The van der Waals surface area contributed by atoms with Crippen LogP contribution >= 0.6 is 0 Å². The third-order valence-corrected chi connectivity index (χ3v) is 8.07. The first-order chi connectivity index (χ1) is 21.9. The van der Waals surface area contributed by atoms with Crippen molar-refractivity contribution in [1.29, 1.82) is 0 Å². The van der Waals surface area contributed by atoms with Gasteiger partial charge in [-0.3, -0.25) is 9.80 Å². The first-order valence-corrected chi connectivity index (χ1v) is 16.0. The molecule has 18 radical (unpaired) electrons. The Morgan fingerprint density at radius 1 is 0.580 bits per heavy atom. The largest absolute Gasteiger partial charge is 0.412 e. The number of benzene rings is 2.